The Bertz CT molecular complexity index is 971. The second kappa shape index (κ2) is 8.63. The van der Waals surface area contributed by atoms with Gasteiger partial charge in [0.05, 0.1) is 11.8 Å². The fraction of sp³-hybridized carbons (Fsp3) is 0.100. The summed E-state index contributed by atoms with van der Waals surface area (Å²) in [6, 6.07) is 10.7. The van der Waals surface area contributed by atoms with E-state index in [0.29, 0.717) is 22.5 Å². The van der Waals surface area contributed by atoms with Gasteiger partial charge in [0.2, 0.25) is 5.91 Å². The lowest BCUT2D eigenvalue weighted by atomic mass is 10.2. The predicted molar refractivity (Wildman–Crippen MR) is 103 cm³/mol. The monoisotopic (exact) mass is 378 g/mol. The molecule has 1 aromatic carbocycles. The maximum absolute atomic E-state index is 12.3. The number of anilines is 2. The quantitative estimate of drug-likeness (QED) is 0.610. The molecule has 3 amide bonds. The molecule has 0 spiro atoms. The Balaban J connectivity index is 1.59. The lowest BCUT2D eigenvalue weighted by Gasteiger charge is -2.14. The number of nitrogens with zero attached hydrogens (tertiary/aromatic N) is 1. The Morgan fingerprint density at radius 3 is 2.32 bits per heavy atom. The van der Waals surface area contributed by atoms with Crippen LogP contribution in [-0.4, -0.2) is 28.7 Å². The number of furan rings is 1. The molecule has 1 atom stereocenters. The first-order chi connectivity index (χ1) is 13.5. The fourth-order valence-electron chi connectivity index (χ4n) is 2.37. The van der Waals surface area contributed by atoms with E-state index in [0.717, 1.165) is 0 Å². The van der Waals surface area contributed by atoms with Crippen molar-refractivity contribution in [1.82, 2.24) is 10.3 Å². The molecular formula is C20H18N4O4. The van der Waals surface area contributed by atoms with Gasteiger partial charge in [-0.05, 0) is 43.3 Å². The molecule has 0 aliphatic rings. The molecule has 0 aliphatic heterocycles. The molecule has 0 aliphatic carbocycles. The first kappa shape index (κ1) is 18.8. The van der Waals surface area contributed by atoms with Gasteiger partial charge in [0, 0.05) is 29.3 Å². The number of carbonyl (C=O) groups is 3. The molecule has 8 nitrogen and oxygen atoms in total. The van der Waals surface area contributed by atoms with Crippen LogP contribution in [0.5, 0.6) is 0 Å². The van der Waals surface area contributed by atoms with Gasteiger partial charge < -0.3 is 20.4 Å². The van der Waals surface area contributed by atoms with Gasteiger partial charge in [0.15, 0.2) is 0 Å². The molecular weight excluding hydrogens is 360 g/mol. The van der Waals surface area contributed by atoms with Gasteiger partial charge in [-0.2, -0.15) is 0 Å². The van der Waals surface area contributed by atoms with Crippen LogP contribution in [-0.2, 0) is 4.79 Å². The molecule has 0 radical (unpaired) electrons. The summed E-state index contributed by atoms with van der Waals surface area (Å²) in [5, 5.41) is 8.05. The van der Waals surface area contributed by atoms with Gasteiger partial charge in [-0.1, -0.05) is 6.07 Å². The zero-order valence-corrected chi connectivity index (χ0v) is 15.0. The van der Waals surface area contributed by atoms with Crippen LogP contribution in [0.1, 0.15) is 27.6 Å². The molecule has 0 fully saturated rings. The number of amides is 3. The SMILES string of the molecule is C[C@@H](NC(=O)c1ccoc1)C(=O)Nc1cccc(NC(=O)c2ccncc2)c1. The molecule has 28 heavy (non-hydrogen) atoms. The lowest BCUT2D eigenvalue weighted by Crippen LogP contribution is -2.41. The summed E-state index contributed by atoms with van der Waals surface area (Å²) in [6.45, 7) is 1.57. The highest BCUT2D eigenvalue weighted by atomic mass is 16.3. The molecule has 142 valence electrons. The second-order valence-corrected chi connectivity index (χ2v) is 5.97. The smallest absolute Gasteiger partial charge is 0.255 e. The van der Waals surface area contributed by atoms with Crippen LogP contribution in [0.15, 0.2) is 71.8 Å². The van der Waals surface area contributed by atoms with Crippen molar-refractivity contribution in [3.63, 3.8) is 0 Å². The van der Waals surface area contributed by atoms with Gasteiger partial charge in [0.1, 0.15) is 12.3 Å². The number of rotatable bonds is 6. The fourth-order valence-corrected chi connectivity index (χ4v) is 2.37. The number of aromatic nitrogens is 1. The van der Waals surface area contributed by atoms with E-state index in [1.54, 1.807) is 43.3 Å². The van der Waals surface area contributed by atoms with E-state index >= 15 is 0 Å². The van der Waals surface area contributed by atoms with E-state index < -0.39 is 17.9 Å². The van der Waals surface area contributed by atoms with Crippen molar-refractivity contribution in [1.29, 1.82) is 0 Å². The number of nitrogens with one attached hydrogen (secondary N) is 3. The number of hydrogen-bond donors (Lipinski definition) is 3. The van der Waals surface area contributed by atoms with Crippen molar-refractivity contribution in [2.75, 3.05) is 10.6 Å². The number of benzene rings is 1. The van der Waals surface area contributed by atoms with Crippen LogP contribution in [0.3, 0.4) is 0 Å². The van der Waals surface area contributed by atoms with Crippen molar-refractivity contribution < 1.29 is 18.8 Å². The lowest BCUT2D eigenvalue weighted by molar-refractivity contribution is -0.117. The summed E-state index contributed by atoms with van der Waals surface area (Å²) < 4.78 is 4.85. The number of hydrogen-bond acceptors (Lipinski definition) is 5. The Kier molecular flexibility index (Phi) is 5.81. The highest BCUT2D eigenvalue weighted by Gasteiger charge is 2.17. The van der Waals surface area contributed by atoms with Crippen molar-refractivity contribution in [3.05, 3.63) is 78.5 Å². The van der Waals surface area contributed by atoms with Gasteiger partial charge in [-0.25, -0.2) is 0 Å². The highest BCUT2D eigenvalue weighted by molar-refractivity contribution is 6.05. The summed E-state index contributed by atoms with van der Waals surface area (Å²) >= 11 is 0. The Morgan fingerprint density at radius 1 is 0.929 bits per heavy atom. The van der Waals surface area contributed by atoms with Crippen LogP contribution in [0.25, 0.3) is 0 Å². The normalized spacial score (nSPS) is 11.3. The van der Waals surface area contributed by atoms with Crippen LogP contribution in [0, 0.1) is 0 Å². The molecule has 3 N–H and O–H groups in total. The molecule has 0 bridgehead atoms. The molecule has 2 heterocycles. The largest absolute Gasteiger partial charge is 0.472 e. The third kappa shape index (κ3) is 4.82. The minimum Gasteiger partial charge on any atom is -0.472 e. The number of pyridine rings is 1. The van der Waals surface area contributed by atoms with Crippen LogP contribution in [0.2, 0.25) is 0 Å². The van der Waals surface area contributed by atoms with Crippen molar-refractivity contribution in [2.24, 2.45) is 0 Å². The second-order valence-electron chi connectivity index (χ2n) is 5.97. The van der Waals surface area contributed by atoms with E-state index in [1.165, 1.54) is 31.0 Å². The standard InChI is InChI=1S/C20H18N4O4/c1-13(22-20(27)15-7-10-28-12-15)18(25)23-16-3-2-4-17(11-16)24-19(26)14-5-8-21-9-6-14/h2-13H,1H3,(H,22,27)(H,23,25)(H,24,26)/t13-/m1/s1. The van der Waals surface area contributed by atoms with Crippen molar-refractivity contribution >= 4 is 29.1 Å². The minimum absolute atomic E-state index is 0.286. The Hall–Kier alpha value is -3.94. The summed E-state index contributed by atoms with van der Waals surface area (Å²) in [6.07, 6.45) is 5.75. The predicted octanol–water partition coefficient (Wildman–Crippen LogP) is 2.68. The summed E-state index contributed by atoms with van der Waals surface area (Å²) in [7, 11) is 0. The molecule has 8 heteroatoms. The zero-order valence-electron chi connectivity index (χ0n) is 15.0. The van der Waals surface area contributed by atoms with Crippen LogP contribution >= 0.6 is 0 Å². The first-order valence-electron chi connectivity index (χ1n) is 8.48. The molecule has 3 rings (SSSR count). The van der Waals surface area contributed by atoms with Gasteiger partial charge in [-0.15, -0.1) is 0 Å². The van der Waals surface area contributed by atoms with E-state index in [-0.39, 0.29) is 5.91 Å². The van der Waals surface area contributed by atoms with Gasteiger partial charge in [-0.3, -0.25) is 19.4 Å². The van der Waals surface area contributed by atoms with Gasteiger partial charge in [0.25, 0.3) is 11.8 Å². The van der Waals surface area contributed by atoms with Crippen LogP contribution < -0.4 is 16.0 Å². The zero-order chi connectivity index (χ0) is 19.9. The molecule has 0 saturated heterocycles. The summed E-state index contributed by atoms with van der Waals surface area (Å²) in [5.74, 6) is -1.09. The van der Waals surface area contributed by atoms with Crippen molar-refractivity contribution in [2.45, 2.75) is 13.0 Å². The molecule has 0 unspecified atom stereocenters. The van der Waals surface area contributed by atoms with Crippen molar-refractivity contribution in [3.8, 4) is 0 Å². The van der Waals surface area contributed by atoms with Gasteiger partial charge >= 0.3 is 0 Å². The minimum atomic E-state index is -0.766. The molecule has 2 aromatic heterocycles. The average Bonchev–Trinajstić information content (AvgIpc) is 3.24. The maximum atomic E-state index is 12.3. The molecule has 0 saturated carbocycles. The van der Waals surface area contributed by atoms with Crippen LogP contribution in [0.4, 0.5) is 11.4 Å². The summed E-state index contributed by atoms with van der Waals surface area (Å²) in [4.78, 5) is 40.4. The van der Waals surface area contributed by atoms with E-state index in [2.05, 4.69) is 20.9 Å². The highest BCUT2D eigenvalue weighted by Crippen LogP contribution is 2.16. The third-order valence-electron chi connectivity index (χ3n) is 3.85. The number of carbonyl (C=O) groups excluding carboxylic acids is 3. The topological polar surface area (TPSA) is 113 Å². The first-order valence-corrected chi connectivity index (χ1v) is 8.48. The molecule has 3 aromatic rings. The maximum Gasteiger partial charge on any atom is 0.255 e. The Labute approximate surface area is 161 Å². The third-order valence-corrected chi connectivity index (χ3v) is 3.85. The summed E-state index contributed by atoms with van der Waals surface area (Å²) in [5.41, 5.74) is 1.82. The van der Waals surface area contributed by atoms with E-state index in [9.17, 15) is 14.4 Å². The average molecular weight is 378 g/mol. The Morgan fingerprint density at radius 2 is 1.64 bits per heavy atom. The van der Waals surface area contributed by atoms with E-state index in [1.807, 2.05) is 0 Å². The van der Waals surface area contributed by atoms with E-state index in [4.69, 9.17) is 4.42 Å².